The van der Waals surface area contributed by atoms with Crippen LogP contribution in [-0.4, -0.2) is 26.0 Å². The zero-order valence-electron chi connectivity index (χ0n) is 13.5. The van der Waals surface area contributed by atoms with Crippen LogP contribution in [0.4, 0.5) is 5.69 Å². The van der Waals surface area contributed by atoms with Crippen LogP contribution in [0.3, 0.4) is 0 Å². The summed E-state index contributed by atoms with van der Waals surface area (Å²) in [5.74, 6) is -0.449. The van der Waals surface area contributed by atoms with Crippen LogP contribution in [0.1, 0.15) is 17.3 Å². The number of ether oxygens (including phenoxy) is 1. The number of hydrogen-bond acceptors (Lipinski definition) is 5. The Morgan fingerprint density at radius 3 is 2.52 bits per heavy atom. The van der Waals surface area contributed by atoms with E-state index in [2.05, 4.69) is 9.71 Å². The molecule has 25 heavy (non-hydrogen) atoms. The molecular formula is C18H16N2O4S. The number of fused-ring (bicyclic) bond motifs is 1. The van der Waals surface area contributed by atoms with E-state index in [0.717, 1.165) is 5.39 Å². The zero-order chi connectivity index (χ0) is 17.9. The molecule has 6 nitrogen and oxygen atoms in total. The van der Waals surface area contributed by atoms with Crippen LogP contribution in [0.5, 0.6) is 0 Å². The minimum atomic E-state index is -3.81. The molecular weight excluding hydrogens is 340 g/mol. The fraction of sp³-hybridized carbons (Fsp3) is 0.111. The molecule has 0 saturated carbocycles. The molecule has 0 fully saturated rings. The Balaban J connectivity index is 1.90. The predicted molar refractivity (Wildman–Crippen MR) is 95.0 cm³/mol. The molecule has 0 aliphatic carbocycles. The molecule has 0 saturated heterocycles. The number of aromatic nitrogens is 1. The summed E-state index contributed by atoms with van der Waals surface area (Å²) in [7, 11) is -3.81. The second kappa shape index (κ2) is 6.90. The van der Waals surface area contributed by atoms with Crippen molar-refractivity contribution in [2.45, 2.75) is 11.8 Å². The molecule has 0 spiro atoms. The van der Waals surface area contributed by atoms with Gasteiger partial charge in [-0.3, -0.25) is 9.71 Å². The summed E-state index contributed by atoms with van der Waals surface area (Å²) in [6.07, 6.45) is 1.55. The maximum atomic E-state index is 12.7. The molecule has 0 aliphatic rings. The van der Waals surface area contributed by atoms with Crippen LogP contribution in [0.15, 0.2) is 65.7 Å². The topological polar surface area (TPSA) is 85.4 Å². The van der Waals surface area contributed by atoms with Crippen molar-refractivity contribution in [3.05, 3.63) is 66.4 Å². The first kappa shape index (κ1) is 16.9. The van der Waals surface area contributed by atoms with Crippen molar-refractivity contribution < 1.29 is 17.9 Å². The third-order valence-electron chi connectivity index (χ3n) is 3.53. The van der Waals surface area contributed by atoms with E-state index in [-0.39, 0.29) is 11.5 Å². The lowest BCUT2D eigenvalue weighted by Crippen LogP contribution is -2.14. The normalized spacial score (nSPS) is 11.2. The molecule has 0 aliphatic heterocycles. The van der Waals surface area contributed by atoms with Crippen LogP contribution in [-0.2, 0) is 14.8 Å². The number of para-hydroxylation sites is 1. The van der Waals surface area contributed by atoms with Crippen molar-refractivity contribution in [2.75, 3.05) is 11.3 Å². The van der Waals surface area contributed by atoms with E-state index in [0.29, 0.717) is 16.8 Å². The maximum Gasteiger partial charge on any atom is 0.338 e. The first-order chi connectivity index (χ1) is 12.0. The van der Waals surface area contributed by atoms with E-state index in [9.17, 15) is 13.2 Å². The van der Waals surface area contributed by atoms with Crippen LogP contribution in [0, 0.1) is 0 Å². The van der Waals surface area contributed by atoms with Crippen molar-refractivity contribution in [1.29, 1.82) is 0 Å². The van der Waals surface area contributed by atoms with E-state index in [1.807, 2.05) is 0 Å². The lowest BCUT2D eigenvalue weighted by atomic mass is 10.2. The highest BCUT2D eigenvalue weighted by Gasteiger charge is 2.18. The molecule has 1 heterocycles. The number of nitrogens with one attached hydrogen (secondary N) is 1. The fourth-order valence-corrected chi connectivity index (χ4v) is 3.63. The summed E-state index contributed by atoms with van der Waals surface area (Å²) in [5, 5.41) is 0.739. The molecule has 3 aromatic rings. The smallest absolute Gasteiger partial charge is 0.338 e. The average Bonchev–Trinajstić information content (AvgIpc) is 2.61. The quantitative estimate of drug-likeness (QED) is 0.710. The Morgan fingerprint density at radius 2 is 1.80 bits per heavy atom. The summed E-state index contributed by atoms with van der Waals surface area (Å²) in [5.41, 5.74) is 1.11. The van der Waals surface area contributed by atoms with Crippen LogP contribution >= 0.6 is 0 Å². The van der Waals surface area contributed by atoms with E-state index < -0.39 is 16.0 Å². The van der Waals surface area contributed by atoms with Crippen molar-refractivity contribution in [1.82, 2.24) is 4.98 Å². The number of nitrogens with zero attached hydrogens (tertiary/aromatic N) is 1. The largest absolute Gasteiger partial charge is 0.462 e. The molecule has 1 aromatic heterocycles. The lowest BCUT2D eigenvalue weighted by Gasteiger charge is -2.10. The highest BCUT2D eigenvalue weighted by atomic mass is 32.2. The molecule has 128 valence electrons. The molecule has 2 aromatic carbocycles. The van der Waals surface area contributed by atoms with Gasteiger partial charge in [0.15, 0.2) is 0 Å². The van der Waals surface area contributed by atoms with Gasteiger partial charge in [0.25, 0.3) is 10.0 Å². The molecule has 0 unspecified atom stereocenters. The predicted octanol–water partition coefficient (Wildman–Crippen LogP) is 3.21. The standard InChI is InChI=1S/C18H16N2O4S/c1-2-24-18(21)14-8-10-15(11-9-14)20-25(22,23)16-7-3-5-13-6-4-12-19-17(13)16/h3-12,20H,2H2,1H3. The van der Waals surface area contributed by atoms with E-state index >= 15 is 0 Å². The second-order valence-corrected chi connectivity index (χ2v) is 6.89. The SMILES string of the molecule is CCOC(=O)c1ccc(NS(=O)(=O)c2cccc3cccnc23)cc1. The first-order valence-corrected chi connectivity index (χ1v) is 9.13. The molecule has 0 bridgehead atoms. The third-order valence-corrected chi connectivity index (χ3v) is 4.95. The van der Waals surface area contributed by atoms with Gasteiger partial charge >= 0.3 is 5.97 Å². The highest BCUT2D eigenvalue weighted by Crippen LogP contribution is 2.23. The third kappa shape index (κ3) is 3.61. The Bertz CT molecular complexity index is 1010. The number of benzene rings is 2. The van der Waals surface area contributed by atoms with Crippen molar-refractivity contribution >= 4 is 32.6 Å². The second-order valence-electron chi connectivity index (χ2n) is 5.23. The highest BCUT2D eigenvalue weighted by molar-refractivity contribution is 7.93. The maximum absolute atomic E-state index is 12.7. The summed E-state index contributed by atoms with van der Waals surface area (Å²) in [6.45, 7) is 2.00. The van der Waals surface area contributed by atoms with Gasteiger partial charge in [-0.1, -0.05) is 18.2 Å². The van der Waals surface area contributed by atoms with Crippen molar-refractivity contribution in [3.63, 3.8) is 0 Å². The Hall–Kier alpha value is -2.93. The first-order valence-electron chi connectivity index (χ1n) is 7.65. The van der Waals surface area contributed by atoms with Crippen LogP contribution in [0.25, 0.3) is 10.9 Å². The number of hydrogen-bond donors (Lipinski definition) is 1. The summed E-state index contributed by atoms with van der Waals surface area (Å²) < 4.78 is 32.8. The Morgan fingerprint density at radius 1 is 1.08 bits per heavy atom. The van der Waals surface area contributed by atoms with Gasteiger partial charge in [-0.15, -0.1) is 0 Å². The molecule has 0 atom stereocenters. The van der Waals surface area contributed by atoms with E-state index in [1.165, 1.54) is 30.3 Å². The number of esters is 1. The number of carbonyl (C=O) groups is 1. The van der Waals surface area contributed by atoms with Crippen molar-refractivity contribution in [3.8, 4) is 0 Å². The van der Waals surface area contributed by atoms with Gasteiger partial charge in [0.05, 0.1) is 17.7 Å². The minimum Gasteiger partial charge on any atom is -0.462 e. The van der Waals surface area contributed by atoms with Crippen LogP contribution < -0.4 is 4.72 Å². The number of carbonyl (C=O) groups excluding carboxylic acids is 1. The van der Waals surface area contributed by atoms with Gasteiger partial charge in [-0.25, -0.2) is 13.2 Å². The lowest BCUT2D eigenvalue weighted by molar-refractivity contribution is 0.0526. The molecule has 0 radical (unpaired) electrons. The van der Waals surface area contributed by atoms with Gasteiger partial charge < -0.3 is 4.74 Å². The molecule has 3 rings (SSSR count). The Labute approximate surface area is 145 Å². The minimum absolute atomic E-state index is 0.0973. The number of pyridine rings is 1. The average molecular weight is 356 g/mol. The van der Waals surface area contributed by atoms with Gasteiger partial charge in [0, 0.05) is 17.3 Å². The monoisotopic (exact) mass is 356 g/mol. The zero-order valence-corrected chi connectivity index (χ0v) is 14.3. The van der Waals surface area contributed by atoms with Gasteiger partial charge in [0.2, 0.25) is 0 Å². The fourth-order valence-electron chi connectivity index (χ4n) is 2.39. The number of sulfonamides is 1. The summed E-state index contributed by atoms with van der Waals surface area (Å²) in [6, 6.07) is 14.6. The summed E-state index contributed by atoms with van der Waals surface area (Å²) in [4.78, 5) is 15.9. The van der Waals surface area contributed by atoms with Gasteiger partial charge in [0.1, 0.15) is 4.90 Å². The molecule has 7 heteroatoms. The van der Waals surface area contributed by atoms with E-state index in [4.69, 9.17) is 4.74 Å². The van der Waals surface area contributed by atoms with Crippen molar-refractivity contribution in [2.24, 2.45) is 0 Å². The van der Waals surface area contributed by atoms with E-state index in [1.54, 1.807) is 37.4 Å². The molecule has 0 amide bonds. The molecule has 1 N–H and O–H groups in total. The van der Waals surface area contributed by atoms with Crippen LogP contribution in [0.2, 0.25) is 0 Å². The van der Waals surface area contributed by atoms with Gasteiger partial charge in [-0.2, -0.15) is 0 Å². The number of rotatable bonds is 5. The number of anilines is 1. The summed E-state index contributed by atoms with van der Waals surface area (Å²) >= 11 is 0. The Kier molecular flexibility index (Phi) is 4.67. The van der Waals surface area contributed by atoms with Gasteiger partial charge in [-0.05, 0) is 43.3 Å².